The molecule has 0 N–H and O–H groups in total. The second-order valence-corrected chi connectivity index (χ2v) is 6.91. The molecule has 0 spiro atoms. The van der Waals surface area contributed by atoms with Crippen molar-refractivity contribution in [3.63, 3.8) is 0 Å². The van der Waals surface area contributed by atoms with Crippen molar-refractivity contribution >= 4 is 29.4 Å². The van der Waals surface area contributed by atoms with Crippen LogP contribution in [-0.4, -0.2) is 11.8 Å². The molecular formula is C22H21ClO3. The first-order valence-electron chi connectivity index (χ1n) is 8.92. The zero-order valence-electron chi connectivity index (χ0n) is 14.5. The fourth-order valence-corrected chi connectivity index (χ4v) is 3.30. The molecule has 0 unspecified atom stereocenters. The van der Waals surface area contributed by atoms with E-state index < -0.39 is 0 Å². The van der Waals surface area contributed by atoms with Gasteiger partial charge in [0.1, 0.15) is 5.75 Å². The molecule has 1 aliphatic carbocycles. The Morgan fingerprint density at radius 3 is 2.35 bits per heavy atom. The Bertz CT molecular complexity index is 802. The van der Waals surface area contributed by atoms with E-state index in [1.807, 2.05) is 18.2 Å². The number of halogens is 1. The van der Waals surface area contributed by atoms with Gasteiger partial charge in [0.25, 0.3) is 0 Å². The molecule has 4 heteroatoms. The number of carbonyl (C=O) groups excluding carboxylic acids is 2. The van der Waals surface area contributed by atoms with Gasteiger partial charge < -0.3 is 4.74 Å². The number of hydrogen-bond acceptors (Lipinski definition) is 3. The molecule has 0 atom stereocenters. The molecule has 3 nitrogen and oxygen atoms in total. The summed E-state index contributed by atoms with van der Waals surface area (Å²) in [6, 6.07) is 14.0. The van der Waals surface area contributed by atoms with Gasteiger partial charge in [0.05, 0.1) is 5.92 Å². The van der Waals surface area contributed by atoms with Gasteiger partial charge in [0, 0.05) is 10.6 Å². The van der Waals surface area contributed by atoms with Crippen LogP contribution in [0.25, 0.3) is 6.08 Å². The molecular weight excluding hydrogens is 348 g/mol. The highest BCUT2D eigenvalue weighted by Gasteiger charge is 2.22. The van der Waals surface area contributed by atoms with E-state index in [0.29, 0.717) is 16.3 Å². The number of rotatable bonds is 5. The van der Waals surface area contributed by atoms with Gasteiger partial charge in [0.2, 0.25) is 0 Å². The summed E-state index contributed by atoms with van der Waals surface area (Å²) in [5.74, 6) is 0.188. The molecule has 2 aromatic rings. The van der Waals surface area contributed by atoms with Crippen molar-refractivity contribution in [1.82, 2.24) is 0 Å². The van der Waals surface area contributed by atoms with Crippen molar-refractivity contribution in [1.29, 1.82) is 0 Å². The number of benzene rings is 2. The van der Waals surface area contributed by atoms with Crippen LogP contribution in [0.1, 0.15) is 48.0 Å². The smallest absolute Gasteiger partial charge is 0.314 e. The van der Waals surface area contributed by atoms with E-state index in [1.54, 1.807) is 36.4 Å². The van der Waals surface area contributed by atoms with Crippen LogP contribution in [0.5, 0.6) is 5.75 Å². The van der Waals surface area contributed by atoms with E-state index in [1.165, 1.54) is 12.5 Å². The van der Waals surface area contributed by atoms with Crippen molar-refractivity contribution in [3.8, 4) is 5.75 Å². The maximum atomic E-state index is 12.3. The summed E-state index contributed by atoms with van der Waals surface area (Å²) in [4.78, 5) is 24.4. The van der Waals surface area contributed by atoms with E-state index in [9.17, 15) is 9.59 Å². The quantitative estimate of drug-likeness (QED) is 0.293. The number of carbonyl (C=O) groups is 2. The fraction of sp³-hybridized carbons (Fsp3) is 0.273. The molecule has 1 saturated carbocycles. The summed E-state index contributed by atoms with van der Waals surface area (Å²) in [5, 5.41) is 0.599. The minimum atomic E-state index is -0.164. The van der Waals surface area contributed by atoms with Crippen molar-refractivity contribution in [3.05, 3.63) is 70.8 Å². The first kappa shape index (κ1) is 18.4. The number of esters is 1. The minimum absolute atomic E-state index is 0.00335. The van der Waals surface area contributed by atoms with Crippen LogP contribution < -0.4 is 4.74 Å². The zero-order valence-corrected chi connectivity index (χ0v) is 15.2. The number of ketones is 1. The molecule has 3 rings (SSSR count). The zero-order chi connectivity index (χ0) is 18.4. The van der Waals surface area contributed by atoms with Gasteiger partial charge >= 0.3 is 5.97 Å². The molecule has 0 amide bonds. The molecule has 0 bridgehead atoms. The lowest BCUT2D eigenvalue weighted by Gasteiger charge is -2.19. The maximum absolute atomic E-state index is 12.3. The molecule has 1 aliphatic rings. The lowest BCUT2D eigenvalue weighted by Crippen LogP contribution is -2.22. The van der Waals surface area contributed by atoms with E-state index >= 15 is 0 Å². The SMILES string of the molecule is O=C(/C=C/c1ccccc1Cl)c1ccc(OC(=O)C2CCCCC2)cc1. The molecule has 134 valence electrons. The predicted octanol–water partition coefficient (Wildman–Crippen LogP) is 5.72. The van der Waals surface area contributed by atoms with Crippen LogP contribution in [0.15, 0.2) is 54.6 Å². The molecule has 0 radical (unpaired) electrons. The Kier molecular flexibility index (Phi) is 6.24. The summed E-state index contributed by atoms with van der Waals surface area (Å²) in [7, 11) is 0. The third-order valence-corrected chi connectivity index (χ3v) is 4.96. The molecule has 0 heterocycles. The molecule has 1 fully saturated rings. The normalized spacial score (nSPS) is 15.1. The van der Waals surface area contributed by atoms with E-state index in [2.05, 4.69) is 0 Å². The summed E-state index contributed by atoms with van der Waals surface area (Å²) in [6.45, 7) is 0. The predicted molar refractivity (Wildman–Crippen MR) is 103 cm³/mol. The summed E-state index contributed by atoms with van der Waals surface area (Å²) < 4.78 is 5.45. The van der Waals surface area contributed by atoms with Gasteiger partial charge in [0.15, 0.2) is 5.78 Å². The highest BCUT2D eigenvalue weighted by Crippen LogP contribution is 2.26. The average molecular weight is 369 g/mol. The number of ether oxygens (including phenoxy) is 1. The van der Waals surface area contributed by atoms with Crippen molar-refractivity contribution in [2.45, 2.75) is 32.1 Å². The van der Waals surface area contributed by atoms with Crippen molar-refractivity contribution in [2.75, 3.05) is 0 Å². The fourth-order valence-electron chi connectivity index (χ4n) is 3.10. The minimum Gasteiger partial charge on any atom is -0.426 e. The van der Waals surface area contributed by atoms with Crippen LogP contribution in [0.3, 0.4) is 0 Å². The standard InChI is InChI=1S/C22H21ClO3/c23-20-9-5-4-6-16(20)12-15-21(24)17-10-13-19(14-11-17)26-22(25)18-7-2-1-3-8-18/h4-6,9-15,18H,1-3,7-8H2/b15-12+. The van der Waals surface area contributed by atoms with Crippen LogP contribution >= 0.6 is 11.6 Å². The Labute approximate surface area is 158 Å². The van der Waals surface area contributed by atoms with Crippen LogP contribution in [0.4, 0.5) is 0 Å². The van der Waals surface area contributed by atoms with Gasteiger partial charge in [-0.1, -0.05) is 49.1 Å². The van der Waals surface area contributed by atoms with Crippen LogP contribution in [0.2, 0.25) is 5.02 Å². The third kappa shape index (κ3) is 4.83. The molecule has 0 aliphatic heterocycles. The lowest BCUT2D eigenvalue weighted by molar-refractivity contribution is -0.139. The monoisotopic (exact) mass is 368 g/mol. The van der Waals surface area contributed by atoms with Gasteiger partial charge in [-0.3, -0.25) is 9.59 Å². The highest BCUT2D eigenvalue weighted by atomic mass is 35.5. The molecule has 2 aromatic carbocycles. The summed E-state index contributed by atoms with van der Waals surface area (Å²) >= 11 is 6.08. The molecule has 0 saturated heterocycles. The number of hydrogen-bond donors (Lipinski definition) is 0. The van der Waals surface area contributed by atoms with Crippen molar-refractivity contribution < 1.29 is 14.3 Å². The number of allylic oxidation sites excluding steroid dienone is 1. The summed E-state index contributed by atoms with van der Waals surface area (Å²) in [6.07, 6.45) is 8.37. The highest BCUT2D eigenvalue weighted by molar-refractivity contribution is 6.32. The third-order valence-electron chi connectivity index (χ3n) is 4.62. The molecule has 26 heavy (non-hydrogen) atoms. The van der Waals surface area contributed by atoms with Crippen LogP contribution in [0, 0.1) is 5.92 Å². The topological polar surface area (TPSA) is 43.4 Å². The van der Waals surface area contributed by atoms with E-state index in [-0.39, 0.29) is 17.7 Å². The van der Waals surface area contributed by atoms with Gasteiger partial charge in [-0.25, -0.2) is 0 Å². The van der Waals surface area contributed by atoms with Crippen LogP contribution in [-0.2, 0) is 4.79 Å². The molecule has 0 aromatic heterocycles. The average Bonchev–Trinajstić information content (AvgIpc) is 2.68. The van der Waals surface area contributed by atoms with E-state index in [4.69, 9.17) is 16.3 Å². The largest absolute Gasteiger partial charge is 0.426 e. The maximum Gasteiger partial charge on any atom is 0.314 e. The second kappa shape index (κ2) is 8.81. The van der Waals surface area contributed by atoms with Crippen molar-refractivity contribution in [2.24, 2.45) is 5.92 Å². The Hall–Kier alpha value is -2.39. The second-order valence-electron chi connectivity index (χ2n) is 6.50. The Morgan fingerprint density at radius 1 is 0.962 bits per heavy atom. The summed E-state index contributed by atoms with van der Waals surface area (Å²) in [5.41, 5.74) is 1.33. The first-order valence-corrected chi connectivity index (χ1v) is 9.30. The Balaban J connectivity index is 1.60. The lowest BCUT2D eigenvalue weighted by atomic mass is 9.89. The Morgan fingerprint density at radius 2 is 1.65 bits per heavy atom. The van der Waals surface area contributed by atoms with Gasteiger partial charge in [-0.2, -0.15) is 0 Å². The first-order chi connectivity index (χ1) is 12.6. The van der Waals surface area contributed by atoms with E-state index in [0.717, 1.165) is 31.2 Å². The van der Waals surface area contributed by atoms with Gasteiger partial charge in [-0.05, 0) is 60.9 Å². The van der Waals surface area contributed by atoms with Gasteiger partial charge in [-0.15, -0.1) is 0 Å².